The summed E-state index contributed by atoms with van der Waals surface area (Å²) in [6.07, 6.45) is 3.73. The Hall–Kier alpha value is -2.33. The molecule has 3 nitrogen and oxygen atoms in total. The van der Waals surface area contributed by atoms with Gasteiger partial charge in [-0.05, 0) is 35.9 Å². The van der Waals surface area contributed by atoms with Crippen LogP contribution in [0, 0.1) is 0 Å². The third kappa shape index (κ3) is 2.38. The average molecular weight is 283 g/mol. The zero-order valence-corrected chi connectivity index (χ0v) is 11.8. The molecule has 0 aliphatic rings. The maximum Gasteiger partial charge on any atom is 0.312 e. The fourth-order valence-electron chi connectivity index (χ4n) is 2.00. The molecule has 1 aromatic heterocycles. The van der Waals surface area contributed by atoms with Crippen LogP contribution in [0.1, 0.15) is 5.56 Å². The van der Waals surface area contributed by atoms with Gasteiger partial charge in [0.1, 0.15) is 5.75 Å². The summed E-state index contributed by atoms with van der Waals surface area (Å²) < 4.78 is 7.79. The first kappa shape index (κ1) is 12.7. The van der Waals surface area contributed by atoms with Gasteiger partial charge in [-0.25, -0.2) is 0 Å². The third-order valence-corrected chi connectivity index (χ3v) is 3.99. The second-order valence-corrected chi connectivity index (χ2v) is 5.29. The Morgan fingerprint density at radius 2 is 1.85 bits per heavy atom. The maximum absolute atomic E-state index is 12.0. The van der Waals surface area contributed by atoms with Gasteiger partial charge in [-0.3, -0.25) is 9.36 Å². The summed E-state index contributed by atoms with van der Waals surface area (Å²) in [4.78, 5) is 12.0. The second kappa shape index (κ2) is 5.35. The molecule has 0 amide bonds. The highest BCUT2D eigenvalue weighted by atomic mass is 32.1. The molecule has 0 spiro atoms. The van der Waals surface area contributed by atoms with Crippen molar-refractivity contribution in [1.82, 2.24) is 4.57 Å². The van der Waals surface area contributed by atoms with Crippen molar-refractivity contribution in [1.29, 1.82) is 0 Å². The van der Waals surface area contributed by atoms with Crippen molar-refractivity contribution in [3.63, 3.8) is 0 Å². The first-order chi connectivity index (χ1) is 9.78. The lowest BCUT2D eigenvalue weighted by Gasteiger charge is -1.99. The minimum atomic E-state index is 0.0240. The maximum atomic E-state index is 12.0. The second-order valence-electron chi connectivity index (χ2n) is 4.29. The molecule has 0 fully saturated rings. The van der Waals surface area contributed by atoms with Gasteiger partial charge in [-0.15, -0.1) is 0 Å². The Kier molecular flexibility index (Phi) is 3.39. The van der Waals surface area contributed by atoms with Crippen LogP contribution in [0.15, 0.2) is 53.3 Å². The minimum Gasteiger partial charge on any atom is -0.497 e. The molecule has 0 aliphatic heterocycles. The van der Waals surface area contributed by atoms with Gasteiger partial charge in [-0.2, -0.15) is 0 Å². The van der Waals surface area contributed by atoms with E-state index in [1.165, 1.54) is 11.3 Å². The molecular weight excluding hydrogens is 270 g/mol. The number of ether oxygens (including phenoxy) is 1. The SMILES string of the molecule is COc1ccc(C=Cn2c(=O)sc3ccccc32)cc1. The van der Waals surface area contributed by atoms with Crippen molar-refractivity contribution in [3.05, 3.63) is 63.8 Å². The molecule has 0 aliphatic carbocycles. The molecule has 0 saturated carbocycles. The van der Waals surface area contributed by atoms with Crippen LogP contribution in [-0.4, -0.2) is 11.7 Å². The van der Waals surface area contributed by atoms with Crippen molar-refractivity contribution >= 4 is 33.8 Å². The monoisotopic (exact) mass is 283 g/mol. The molecule has 0 N–H and O–H groups in total. The number of methoxy groups -OCH3 is 1. The van der Waals surface area contributed by atoms with Crippen molar-refractivity contribution in [2.24, 2.45) is 0 Å². The van der Waals surface area contributed by atoms with Crippen LogP contribution >= 0.6 is 11.3 Å². The van der Waals surface area contributed by atoms with Gasteiger partial charge in [0.05, 0.1) is 17.3 Å². The number of benzene rings is 2. The van der Waals surface area contributed by atoms with Crippen molar-refractivity contribution in [2.45, 2.75) is 0 Å². The van der Waals surface area contributed by atoms with Crippen molar-refractivity contribution in [3.8, 4) is 5.75 Å². The van der Waals surface area contributed by atoms with E-state index in [2.05, 4.69) is 0 Å². The Morgan fingerprint density at radius 3 is 2.60 bits per heavy atom. The van der Waals surface area contributed by atoms with Gasteiger partial charge in [0, 0.05) is 6.20 Å². The summed E-state index contributed by atoms with van der Waals surface area (Å²) in [5, 5.41) is 0. The molecule has 4 heteroatoms. The van der Waals surface area contributed by atoms with E-state index >= 15 is 0 Å². The quantitative estimate of drug-likeness (QED) is 0.734. The number of rotatable bonds is 3. The van der Waals surface area contributed by atoms with Crippen LogP contribution in [0.4, 0.5) is 0 Å². The van der Waals surface area contributed by atoms with E-state index in [1.807, 2.05) is 60.8 Å². The van der Waals surface area contributed by atoms with Crippen LogP contribution in [0.2, 0.25) is 0 Å². The fraction of sp³-hybridized carbons (Fsp3) is 0.0625. The summed E-state index contributed by atoms with van der Waals surface area (Å²) in [6, 6.07) is 15.5. The topological polar surface area (TPSA) is 31.2 Å². The predicted molar refractivity (Wildman–Crippen MR) is 84.3 cm³/mol. The van der Waals surface area contributed by atoms with Crippen LogP contribution in [0.5, 0.6) is 5.75 Å². The number of aromatic nitrogens is 1. The predicted octanol–water partition coefficient (Wildman–Crippen LogP) is 3.70. The summed E-state index contributed by atoms with van der Waals surface area (Å²) in [5.41, 5.74) is 1.96. The zero-order valence-electron chi connectivity index (χ0n) is 10.9. The smallest absolute Gasteiger partial charge is 0.312 e. The molecule has 0 saturated heterocycles. The Bertz CT molecular complexity index is 812. The molecule has 3 aromatic rings. The highest BCUT2D eigenvalue weighted by Gasteiger charge is 2.03. The van der Waals surface area contributed by atoms with Gasteiger partial charge in [0.15, 0.2) is 0 Å². The molecule has 0 bridgehead atoms. The number of fused-ring (bicyclic) bond motifs is 1. The van der Waals surface area contributed by atoms with E-state index < -0.39 is 0 Å². The van der Waals surface area contributed by atoms with Gasteiger partial charge in [0.25, 0.3) is 0 Å². The molecule has 1 heterocycles. The lowest BCUT2D eigenvalue weighted by molar-refractivity contribution is 0.415. The Balaban J connectivity index is 1.97. The molecular formula is C16H13NO2S. The van der Waals surface area contributed by atoms with Crippen molar-refractivity contribution < 1.29 is 4.74 Å². The van der Waals surface area contributed by atoms with Crippen LogP contribution in [-0.2, 0) is 0 Å². The average Bonchev–Trinajstić information content (AvgIpc) is 2.81. The third-order valence-electron chi connectivity index (χ3n) is 3.05. The van der Waals surface area contributed by atoms with E-state index in [9.17, 15) is 4.79 Å². The first-order valence-electron chi connectivity index (χ1n) is 6.20. The lowest BCUT2D eigenvalue weighted by Crippen LogP contribution is -2.05. The number of hydrogen-bond donors (Lipinski definition) is 0. The van der Waals surface area contributed by atoms with Crippen LogP contribution < -0.4 is 9.61 Å². The Morgan fingerprint density at radius 1 is 1.10 bits per heavy atom. The first-order valence-corrected chi connectivity index (χ1v) is 7.02. The summed E-state index contributed by atoms with van der Waals surface area (Å²) in [7, 11) is 1.64. The summed E-state index contributed by atoms with van der Waals surface area (Å²) in [6.45, 7) is 0. The van der Waals surface area contributed by atoms with Gasteiger partial charge >= 0.3 is 4.87 Å². The molecule has 2 aromatic carbocycles. The normalized spacial score (nSPS) is 11.2. The van der Waals surface area contributed by atoms with E-state index in [4.69, 9.17) is 4.74 Å². The zero-order chi connectivity index (χ0) is 13.9. The number of thiazole rings is 1. The number of para-hydroxylation sites is 1. The molecule has 20 heavy (non-hydrogen) atoms. The number of nitrogens with zero attached hydrogens (tertiary/aromatic N) is 1. The van der Waals surface area contributed by atoms with Gasteiger partial charge in [-0.1, -0.05) is 35.6 Å². The van der Waals surface area contributed by atoms with E-state index in [0.29, 0.717) is 0 Å². The molecule has 0 unspecified atom stereocenters. The van der Waals surface area contributed by atoms with Crippen LogP contribution in [0.3, 0.4) is 0 Å². The lowest BCUT2D eigenvalue weighted by atomic mass is 10.2. The standard InChI is InChI=1S/C16H13NO2S/c1-19-13-8-6-12(7-9-13)10-11-17-14-4-2-3-5-15(14)20-16(17)18/h2-11H,1H3. The molecule has 3 rings (SSSR count). The highest BCUT2D eigenvalue weighted by molar-refractivity contribution is 7.16. The molecule has 100 valence electrons. The molecule has 0 atom stereocenters. The van der Waals surface area contributed by atoms with E-state index in [1.54, 1.807) is 11.7 Å². The van der Waals surface area contributed by atoms with Gasteiger partial charge < -0.3 is 4.74 Å². The summed E-state index contributed by atoms with van der Waals surface area (Å²) in [5.74, 6) is 0.820. The van der Waals surface area contributed by atoms with E-state index in [0.717, 1.165) is 21.5 Å². The summed E-state index contributed by atoms with van der Waals surface area (Å²) >= 11 is 1.26. The van der Waals surface area contributed by atoms with Gasteiger partial charge in [0.2, 0.25) is 0 Å². The fourth-order valence-corrected chi connectivity index (χ4v) is 2.86. The van der Waals surface area contributed by atoms with E-state index in [-0.39, 0.29) is 4.87 Å². The minimum absolute atomic E-state index is 0.0240. The Labute approximate surface area is 120 Å². The van der Waals surface area contributed by atoms with Crippen LogP contribution in [0.25, 0.3) is 22.5 Å². The largest absolute Gasteiger partial charge is 0.497 e. The highest BCUT2D eigenvalue weighted by Crippen LogP contribution is 2.18. The number of hydrogen-bond acceptors (Lipinski definition) is 3. The molecule has 0 radical (unpaired) electrons. The van der Waals surface area contributed by atoms with Crippen molar-refractivity contribution in [2.75, 3.05) is 7.11 Å².